The molecule has 110 valence electrons. The lowest BCUT2D eigenvalue weighted by atomic mass is 9.69. The van der Waals surface area contributed by atoms with Gasteiger partial charge < -0.3 is 10.1 Å². The van der Waals surface area contributed by atoms with E-state index in [2.05, 4.69) is 5.32 Å². The predicted octanol–water partition coefficient (Wildman–Crippen LogP) is 3.39. The number of fused-ring (bicyclic) bond motifs is 1. The molecule has 0 spiro atoms. The highest BCUT2D eigenvalue weighted by Crippen LogP contribution is 2.40. The van der Waals surface area contributed by atoms with Crippen LogP contribution in [0.25, 0.3) is 10.8 Å². The van der Waals surface area contributed by atoms with Crippen LogP contribution in [0.2, 0.25) is 0 Å². The smallest absolute Gasteiger partial charge is 0.251 e. The second-order valence-corrected chi connectivity index (χ2v) is 6.00. The van der Waals surface area contributed by atoms with Crippen molar-refractivity contribution in [2.24, 2.45) is 5.41 Å². The topological polar surface area (TPSA) is 38.3 Å². The van der Waals surface area contributed by atoms with Gasteiger partial charge in [0, 0.05) is 24.6 Å². The lowest BCUT2D eigenvalue weighted by Crippen LogP contribution is -2.45. The van der Waals surface area contributed by atoms with Gasteiger partial charge in [-0.05, 0) is 29.7 Å². The zero-order chi connectivity index (χ0) is 14.7. The Morgan fingerprint density at radius 1 is 1.19 bits per heavy atom. The van der Waals surface area contributed by atoms with Gasteiger partial charge in [-0.1, -0.05) is 42.8 Å². The number of rotatable bonds is 5. The molecule has 2 aromatic rings. The van der Waals surface area contributed by atoms with Gasteiger partial charge in [0.2, 0.25) is 0 Å². The lowest BCUT2D eigenvalue weighted by Gasteiger charge is -2.41. The Labute approximate surface area is 125 Å². The monoisotopic (exact) mass is 283 g/mol. The number of methoxy groups -OCH3 is 1. The SMILES string of the molecule is COCC1(CNC(=O)c2cccc3ccccc23)CCC1. The summed E-state index contributed by atoms with van der Waals surface area (Å²) in [5, 5.41) is 5.20. The minimum absolute atomic E-state index is 0.00850. The summed E-state index contributed by atoms with van der Waals surface area (Å²) >= 11 is 0. The fourth-order valence-corrected chi connectivity index (χ4v) is 3.14. The average Bonchev–Trinajstić information content (AvgIpc) is 2.49. The lowest BCUT2D eigenvalue weighted by molar-refractivity contribution is 0.0180. The molecule has 1 N–H and O–H groups in total. The van der Waals surface area contributed by atoms with Crippen molar-refractivity contribution in [1.82, 2.24) is 5.32 Å². The summed E-state index contributed by atoms with van der Waals surface area (Å²) in [7, 11) is 1.73. The fourth-order valence-electron chi connectivity index (χ4n) is 3.14. The molecule has 0 aromatic heterocycles. The Morgan fingerprint density at radius 3 is 2.67 bits per heavy atom. The molecule has 0 radical (unpaired) electrons. The number of nitrogens with one attached hydrogen (secondary N) is 1. The third-order valence-corrected chi connectivity index (χ3v) is 4.52. The van der Waals surface area contributed by atoms with E-state index in [9.17, 15) is 4.79 Å². The highest BCUT2D eigenvalue weighted by molar-refractivity contribution is 6.07. The molecule has 0 aliphatic heterocycles. The first kappa shape index (κ1) is 14.1. The Hall–Kier alpha value is -1.87. The van der Waals surface area contributed by atoms with E-state index in [1.54, 1.807) is 7.11 Å². The molecule has 0 saturated heterocycles. The van der Waals surface area contributed by atoms with Crippen LogP contribution in [0.3, 0.4) is 0 Å². The van der Waals surface area contributed by atoms with E-state index in [0.717, 1.165) is 35.8 Å². The molecule has 0 unspecified atom stereocenters. The Bertz CT molecular complexity index is 641. The first-order chi connectivity index (χ1) is 10.2. The molecule has 0 bridgehead atoms. The summed E-state index contributed by atoms with van der Waals surface area (Å²) in [6.07, 6.45) is 3.50. The van der Waals surface area contributed by atoms with Crippen molar-refractivity contribution in [2.75, 3.05) is 20.3 Å². The Kier molecular flexibility index (Phi) is 3.93. The number of ether oxygens (including phenoxy) is 1. The standard InChI is InChI=1S/C18H21NO2/c1-21-13-18(10-5-11-18)12-19-17(20)16-9-4-7-14-6-2-3-8-15(14)16/h2-4,6-9H,5,10-13H2,1H3,(H,19,20). The number of hydrogen-bond donors (Lipinski definition) is 1. The van der Waals surface area contributed by atoms with Crippen molar-refractivity contribution < 1.29 is 9.53 Å². The van der Waals surface area contributed by atoms with E-state index < -0.39 is 0 Å². The molecule has 1 fully saturated rings. The van der Waals surface area contributed by atoms with Crippen LogP contribution >= 0.6 is 0 Å². The molecule has 3 nitrogen and oxygen atoms in total. The van der Waals surface area contributed by atoms with Crippen molar-refractivity contribution >= 4 is 16.7 Å². The molecule has 3 heteroatoms. The second kappa shape index (κ2) is 5.86. The van der Waals surface area contributed by atoms with Crippen LogP contribution in [0, 0.1) is 5.41 Å². The van der Waals surface area contributed by atoms with Gasteiger partial charge in [-0.2, -0.15) is 0 Å². The van der Waals surface area contributed by atoms with Crippen LogP contribution in [0.4, 0.5) is 0 Å². The maximum atomic E-state index is 12.5. The highest BCUT2D eigenvalue weighted by atomic mass is 16.5. The van der Waals surface area contributed by atoms with Crippen molar-refractivity contribution in [3.05, 3.63) is 48.0 Å². The van der Waals surface area contributed by atoms with E-state index in [1.807, 2.05) is 42.5 Å². The largest absolute Gasteiger partial charge is 0.384 e. The van der Waals surface area contributed by atoms with Crippen molar-refractivity contribution in [1.29, 1.82) is 0 Å². The molecule has 1 amide bonds. The van der Waals surface area contributed by atoms with Gasteiger partial charge in [-0.3, -0.25) is 4.79 Å². The average molecular weight is 283 g/mol. The van der Waals surface area contributed by atoms with Gasteiger partial charge in [-0.25, -0.2) is 0 Å². The van der Waals surface area contributed by atoms with Gasteiger partial charge in [-0.15, -0.1) is 0 Å². The highest BCUT2D eigenvalue weighted by Gasteiger charge is 2.37. The first-order valence-electron chi connectivity index (χ1n) is 7.49. The molecule has 1 aliphatic rings. The zero-order valence-corrected chi connectivity index (χ0v) is 12.4. The van der Waals surface area contributed by atoms with Gasteiger partial charge in [0.05, 0.1) is 6.61 Å². The van der Waals surface area contributed by atoms with Crippen LogP contribution < -0.4 is 5.32 Å². The maximum absolute atomic E-state index is 12.5. The zero-order valence-electron chi connectivity index (χ0n) is 12.4. The van der Waals surface area contributed by atoms with Crippen molar-refractivity contribution in [3.63, 3.8) is 0 Å². The first-order valence-corrected chi connectivity index (χ1v) is 7.49. The normalized spacial score (nSPS) is 16.4. The van der Waals surface area contributed by atoms with E-state index in [4.69, 9.17) is 4.74 Å². The Balaban J connectivity index is 1.75. The van der Waals surface area contributed by atoms with Gasteiger partial charge in [0.1, 0.15) is 0 Å². The molecule has 0 heterocycles. The van der Waals surface area contributed by atoms with Crippen LogP contribution in [0.15, 0.2) is 42.5 Å². The number of carbonyl (C=O) groups is 1. The molecule has 1 saturated carbocycles. The van der Waals surface area contributed by atoms with E-state index in [1.165, 1.54) is 6.42 Å². The van der Waals surface area contributed by atoms with Crippen LogP contribution in [0.5, 0.6) is 0 Å². The van der Waals surface area contributed by atoms with Crippen LogP contribution in [-0.4, -0.2) is 26.2 Å². The predicted molar refractivity (Wildman–Crippen MR) is 84.4 cm³/mol. The molecular weight excluding hydrogens is 262 g/mol. The molecule has 1 aliphatic carbocycles. The Morgan fingerprint density at radius 2 is 1.95 bits per heavy atom. The van der Waals surface area contributed by atoms with Crippen molar-refractivity contribution in [2.45, 2.75) is 19.3 Å². The van der Waals surface area contributed by atoms with E-state index >= 15 is 0 Å². The molecule has 21 heavy (non-hydrogen) atoms. The number of benzene rings is 2. The van der Waals surface area contributed by atoms with Crippen LogP contribution in [0.1, 0.15) is 29.6 Å². The third kappa shape index (κ3) is 2.79. The fraction of sp³-hybridized carbons (Fsp3) is 0.389. The number of carbonyl (C=O) groups excluding carboxylic acids is 1. The summed E-state index contributed by atoms with van der Waals surface area (Å²) in [6, 6.07) is 13.9. The van der Waals surface area contributed by atoms with Gasteiger partial charge in [0.15, 0.2) is 0 Å². The molecule has 2 aromatic carbocycles. The summed E-state index contributed by atoms with van der Waals surface area (Å²) in [5.41, 5.74) is 0.898. The number of hydrogen-bond acceptors (Lipinski definition) is 2. The molecule has 0 atom stereocenters. The second-order valence-electron chi connectivity index (χ2n) is 6.00. The van der Waals surface area contributed by atoms with E-state index in [0.29, 0.717) is 6.54 Å². The van der Waals surface area contributed by atoms with Gasteiger partial charge in [0.25, 0.3) is 5.91 Å². The van der Waals surface area contributed by atoms with Gasteiger partial charge >= 0.3 is 0 Å². The van der Waals surface area contributed by atoms with E-state index in [-0.39, 0.29) is 11.3 Å². The maximum Gasteiger partial charge on any atom is 0.251 e. The summed E-state index contributed by atoms with van der Waals surface area (Å²) < 4.78 is 5.31. The number of amides is 1. The molecule has 3 rings (SSSR count). The summed E-state index contributed by atoms with van der Waals surface area (Å²) in [4.78, 5) is 12.5. The summed E-state index contributed by atoms with van der Waals surface area (Å²) in [6.45, 7) is 1.42. The van der Waals surface area contributed by atoms with Crippen molar-refractivity contribution in [3.8, 4) is 0 Å². The third-order valence-electron chi connectivity index (χ3n) is 4.52. The minimum atomic E-state index is 0.00850. The summed E-state index contributed by atoms with van der Waals surface area (Å²) in [5.74, 6) is 0.00850. The quantitative estimate of drug-likeness (QED) is 0.913. The van der Waals surface area contributed by atoms with Crippen LogP contribution in [-0.2, 0) is 4.74 Å². The molecular formula is C18H21NO2. The minimum Gasteiger partial charge on any atom is -0.384 e.